The zero-order valence-electron chi connectivity index (χ0n) is 13.7. The van der Waals surface area contributed by atoms with E-state index in [0.29, 0.717) is 24.0 Å². The molecule has 6 heteroatoms. The molecule has 0 atom stereocenters. The van der Waals surface area contributed by atoms with Crippen molar-refractivity contribution in [3.8, 4) is 5.75 Å². The molecule has 0 aromatic heterocycles. The van der Waals surface area contributed by atoms with E-state index in [9.17, 15) is 19.1 Å². The molecule has 1 aliphatic rings. The normalized spacial score (nSPS) is 14.6. The number of nitrogens with one attached hydrogen (secondary N) is 1. The predicted molar refractivity (Wildman–Crippen MR) is 89.1 cm³/mol. The van der Waals surface area contributed by atoms with Gasteiger partial charge in [-0.2, -0.15) is 0 Å². The molecule has 1 fully saturated rings. The zero-order chi connectivity index (χ0) is 18.0. The summed E-state index contributed by atoms with van der Waals surface area (Å²) in [6, 6.07) is 11.0. The molecule has 0 radical (unpaired) electrons. The number of hydrogen-bond donors (Lipinski definition) is 2. The van der Waals surface area contributed by atoms with Crippen molar-refractivity contribution in [2.75, 3.05) is 7.11 Å². The molecule has 0 saturated heterocycles. The van der Waals surface area contributed by atoms with Gasteiger partial charge in [0.2, 0.25) is 5.91 Å². The van der Waals surface area contributed by atoms with Gasteiger partial charge in [-0.1, -0.05) is 24.3 Å². The minimum atomic E-state index is -1.10. The molecule has 0 heterocycles. The molecule has 2 aromatic carbocycles. The monoisotopic (exact) mass is 343 g/mol. The minimum Gasteiger partial charge on any atom is -0.496 e. The molecule has 3 rings (SSSR count). The first-order chi connectivity index (χ1) is 12.0. The van der Waals surface area contributed by atoms with Gasteiger partial charge in [-0.3, -0.25) is 4.79 Å². The van der Waals surface area contributed by atoms with Crippen LogP contribution in [0.1, 0.15) is 34.3 Å². The summed E-state index contributed by atoms with van der Waals surface area (Å²) in [5.41, 5.74) is 0.266. The molecular formula is C19H18FNO4. The lowest BCUT2D eigenvalue weighted by Crippen LogP contribution is -2.34. The third-order valence-corrected chi connectivity index (χ3v) is 4.52. The molecule has 130 valence electrons. The van der Waals surface area contributed by atoms with Gasteiger partial charge in [0.1, 0.15) is 17.1 Å². The Kier molecular flexibility index (Phi) is 4.44. The highest BCUT2D eigenvalue weighted by atomic mass is 19.1. The molecule has 2 N–H and O–H groups in total. The van der Waals surface area contributed by atoms with Crippen molar-refractivity contribution in [2.24, 2.45) is 0 Å². The summed E-state index contributed by atoms with van der Waals surface area (Å²) < 4.78 is 19.0. The number of carboxylic acid groups (broad SMARTS) is 1. The van der Waals surface area contributed by atoms with Gasteiger partial charge in [0.25, 0.3) is 0 Å². The lowest BCUT2D eigenvalue weighted by molar-refractivity contribution is -0.123. The number of halogens is 1. The predicted octanol–water partition coefficient (Wildman–Crippen LogP) is 2.88. The topological polar surface area (TPSA) is 75.6 Å². The minimum absolute atomic E-state index is 0.0319. The average molecular weight is 343 g/mol. The summed E-state index contributed by atoms with van der Waals surface area (Å²) in [5, 5.41) is 12.0. The fraction of sp³-hybridized carbons (Fsp3) is 0.263. The van der Waals surface area contributed by atoms with Crippen LogP contribution in [0, 0.1) is 5.82 Å². The number of aromatic carboxylic acids is 1. The van der Waals surface area contributed by atoms with Crippen molar-refractivity contribution in [3.63, 3.8) is 0 Å². The van der Waals surface area contributed by atoms with E-state index in [0.717, 1.165) is 0 Å². The first kappa shape index (κ1) is 17.0. The summed E-state index contributed by atoms with van der Waals surface area (Å²) in [6.07, 6.45) is 1.20. The molecule has 0 aliphatic heterocycles. The number of carbonyl (C=O) groups is 2. The molecule has 25 heavy (non-hydrogen) atoms. The maximum atomic E-state index is 14.0. The van der Waals surface area contributed by atoms with Gasteiger partial charge in [-0.25, -0.2) is 9.18 Å². The Balaban J connectivity index is 1.74. The highest BCUT2D eigenvalue weighted by molar-refractivity contribution is 5.92. The smallest absolute Gasteiger partial charge is 0.339 e. The maximum Gasteiger partial charge on any atom is 0.339 e. The second-order valence-corrected chi connectivity index (χ2v) is 6.08. The highest BCUT2D eigenvalue weighted by Gasteiger charge is 2.52. The van der Waals surface area contributed by atoms with E-state index >= 15 is 0 Å². The van der Waals surface area contributed by atoms with E-state index in [4.69, 9.17) is 4.74 Å². The highest BCUT2D eigenvalue weighted by Crippen LogP contribution is 2.49. The van der Waals surface area contributed by atoms with Crippen LogP contribution >= 0.6 is 0 Å². The first-order valence-corrected chi connectivity index (χ1v) is 7.91. The van der Waals surface area contributed by atoms with Crippen molar-refractivity contribution in [1.29, 1.82) is 0 Å². The molecule has 1 saturated carbocycles. The third kappa shape index (κ3) is 3.20. The van der Waals surface area contributed by atoms with E-state index in [1.54, 1.807) is 30.3 Å². The molecule has 0 unspecified atom stereocenters. The van der Waals surface area contributed by atoms with Crippen molar-refractivity contribution < 1.29 is 23.8 Å². The second kappa shape index (κ2) is 6.55. The van der Waals surface area contributed by atoms with Crippen LogP contribution in [-0.2, 0) is 16.8 Å². The van der Waals surface area contributed by atoms with Crippen LogP contribution in [-0.4, -0.2) is 24.1 Å². The molecule has 2 aromatic rings. The number of methoxy groups -OCH3 is 1. The molecule has 1 amide bonds. The van der Waals surface area contributed by atoms with Gasteiger partial charge < -0.3 is 15.2 Å². The van der Waals surface area contributed by atoms with E-state index in [2.05, 4.69) is 5.32 Å². The lowest BCUT2D eigenvalue weighted by atomic mass is 9.94. The summed E-state index contributed by atoms with van der Waals surface area (Å²) in [6.45, 7) is 0.166. The maximum absolute atomic E-state index is 14.0. The van der Waals surface area contributed by atoms with E-state index in [-0.39, 0.29) is 29.6 Å². The number of carbonyl (C=O) groups excluding carboxylic acids is 1. The summed E-state index contributed by atoms with van der Waals surface area (Å²) >= 11 is 0. The second-order valence-electron chi connectivity index (χ2n) is 6.08. The average Bonchev–Trinajstić information content (AvgIpc) is 3.41. The number of hydrogen-bond acceptors (Lipinski definition) is 3. The van der Waals surface area contributed by atoms with Crippen LogP contribution in [0.5, 0.6) is 5.75 Å². The molecule has 0 spiro atoms. The third-order valence-electron chi connectivity index (χ3n) is 4.52. The molecule has 1 aliphatic carbocycles. The van der Waals surface area contributed by atoms with Crippen molar-refractivity contribution >= 4 is 11.9 Å². The van der Waals surface area contributed by atoms with Gasteiger partial charge >= 0.3 is 5.97 Å². The van der Waals surface area contributed by atoms with Gasteiger partial charge in [0, 0.05) is 12.1 Å². The molecule has 0 bridgehead atoms. The van der Waals surface area contributed by atoms with Crippen LogP contribution < -0.4 is 10.1 Å². The van der Waals surface area contributed by atoms with Crippen molar-refractivity contribution in [3.05, 3.63) is 65.0 Å². The number of amides is 1. The number of ether oxygens (including phenoxy) is 1. The van der Waals surface area contributed by atoms with E-state index in [1.807, 2.05) is 0 Å². The SMILES string of the molecule is COc1ccc(CNC(=O)C2(c3ccccc3F)CC2)cc1C(=O)O. The standard InChI is InChI=1S/C19H18FNO4/c1-25-16-7-6-12(10-13(16)17(22)23)11-21-18(24)19(8-9-19)14-4-2-3-5-15(14)20/h2-7,10H,8-9,11H2,1H3,(H,21,24)(H,22,23). The first-order valence-electron chi connectivity index (χ1n) is 7.91. The largest absolute Gasteiger partial charge is 0.496 e. The number of rotatable bonds is 6. The Bertz CT molecular complexity index is 830. The Morgan fingerprint density at radius 1 is 1.24 bits per heavy atom. The van der Waals surface area contributed by atoms with Crippen molar-refractivity contribution in [1.82, 2.24) is 5.32 Å². The fourth-order valence-electron chi connectivity index (χ4n) is 2.98. The lowest BCUT2D eigenvalue weighted by Gasteiger charge is -2.17. The fourth-order valence-corrected chi connectivity index (χ4v) is 2.98. The number of carboxylic acids is 1. The van der Waals surface area contributed by atoms with Gasteiger partial charge in [-0.15, -0.1) is 0 Å². The van der Waals surface area contributed by atoms with Crippen LogP contribution in [0.4, 0.5) is 4.39 Å². The zero-order valence-corrected chi connectivity index (χ0v) is 13.7. The molecule has 5 nitrogen and oxygen atoms in total. The summed E-state index contributed by atoms with van der Waals surface area (Å²) in [7, 11) is 1.40. The summed E-state index contributed by atoms with van der Waals surface area (Å²) in [5.74, 6) is -1.47. The summed E-state index contributed by atoms with van der Waals surface area (Å²) in [4.78, 5) is 23.8. The Hall–Kier alpha value is -2.89. The van der Waals surface area contributed by atoms with Gasteiger partial charge in [0.15, 0.2) is 0 Å². The van der Waals surface area contributed by atoms with Crippen LogP contribution in [0.15, 0.2) is 42.5 Å². The Morgan fingerprint density at radius 3 is 2.56 bits per heavy atom. The van der Waals surface area contributed by atoms with Crippen molar-refractivity contribution in [2.45, 2.75) is 24.8 Å². The quantitative estimate of drug-likeness (QED) is 0.846. The van der Waals surface area contributed by atoms with Crippen LogP contribution in [0.2, 0.25) is 0 Å². The number of benzene rings is 2. The Morgan fingerprint density at radius 2 is 1.96 bits per heavy atom. The molecular weight excluding hydrogens is 325 g/mol. The van der Waals surface area contributed by atoms with Crippen LogP contribution in [0.3, 0.4) is 0 Å². The van der Waals surface area contributed by atoms with Gasteiger partial charge in [-0.05, 0) is 36.6 Å². The van der Waals surface area contributed by atoms with E-state index < -0.39 is 11.4 Å². The van der Waals surface area contributed by atoms with Crippen LogP contribution in [0.25, 0.3) is 0 Å². The Labute approximate surface area is 144 Å². The van der Waals surface area contributed by atoms with Gasteiger partial charge in [0.05, 0.1) is 12.5 Å². The van der Waals surface area contributed by atoms with E-state index in [1.165, 1.54) is 19.2 Å².